The molecule has 0 N–H and O–H groups in total. The zero-order chi connectivity index (χ0) is 13.1. The summed E-state index contributed by atoms with van der Waals surface area (Å²) in [4.78, 5) is 8.42. The molecule has 0 bridgehead atoms. The largest absolute Gasteiger partial charge is 0.497 e. The van der Waals surface area contributed by atoms with Crippen molar-refractivity contribution in [2.45, 2.75) is 6.92 Å². The van der Waals surface area contributed by atoms with Crippen LogP contribution in [0.4, 0.5) is 0 Å². The first-order chi connectivity index (χ1) is 8.63. The Morgan fingerprint density at radius 2 is 1.83 bits per heavy atom. The van der Waals surface area contributed by atoms with Crippen LogP contribution in [0.5, 0.6) is 11.8 Å². The number of nitrogens with zero attached hydrogens (tertiary/aromatic N) is 2. The van der Waals surface area contributed by atoms with Gasteiger partial charge in [0.1, 0.15) is 5.75 Å². The van der Waals surface area contributed by atoms with Crippen LogP contribution in [0.2, 0.25) is 5.02 Å². The lowest BCUT2D eigenvalue weighted by Gasteiger charge is -2.08. The third kappa shape index (κ3) is 2.54. The standard InChI is InChI=1S/C13H13ClN2O2/c1-8-6-12(16-13(15-8)18-3)10-5-4-9(17-2)7-11(10)14/h4-7H,1-3H3. The van der Waals surface area contributed by atoms with E-state index in [1.165, 1.54) is 7.11 Å². The summed E-state index contributed by atoms with van der Waals surface area (Å²) in [5.41, 5.74) is 2.37. The maximum absolute atomic E-state index is 6.21. The summed E-state index contributed by atoms with van der Waals surface area (Å²) in [6.45, 7) is 1.88. The van der Waals surface area contributed by atoms with Crippen LogP contribution in [0.3, 0.4) is 0 Å². The summed E-state index contributed by atoms with van der Waals surface area (Å²) in [6, 6.07) is 7.64. The number of benzene rings is 1. The van der Waals surface area contributed by atoms with Gasteiger partial charge in [0.25, 0.3) is 0 Å². The normalized spacial score (nSPS) is 10.2. The lowest BCUT2D eigenvalue weighted by Crippen LogP contribution is -1.96. The zero-order valence-corrected chi connectivity index (χ0v) is 11.2. The van der Waals surface area contributed by atoms with Gasteiger partial charge < -0.3 is 9.47 Å². The topological polar surface area (TPSA) is 44.2 Å². The summed E-state index contributed by atoms with van der Waals surface area (Å²) in [6.07, 6.45) is 0. The third-order valence-electron chi connectivity index (χ3n) is 2.47. The second kappa shape index (κ2) is 5.23. The minimum Gasteiger partial charge on any atom is -0.497 e. The number of aromatic nitrogens is 2. The maximum Gasteiger partial charge on any atom is 0.316 e. The molecular weight excluding hydrogens is 252 g/mol. The van der Waals surface area contributed by atoms with E-state index in [9.17, 15) is 0 Å². The first-order valence-electron chi connectivity index (χ1n) is 5.37. The number of ether oxygens (including phenoxy) is 2. The summed E-state index contributed by atoms with van der Waals surface area (Å²) >= 11 is 6.21. The van der Waals surface area contributed by atoms with E-state index in [0.29, 0.717) is 16.8 Å². The van der Waals surface area contributed by atoms with Crippen LogP contribution in [-0.2, 0) is 0 Å². The maximum atomic E-state index is 6.21. The molecule has 0 aliphatic rings. The van der Waals surface area contributed by atoms with Gasteiger partial charge in [-0.2, -0.15) is 4.98 Å². The summed E-state index contributed by atoms with van der Waals surface area (Å²) < 4.78 is 10.2. The van der Waals surface area contributed by atoms with Gasteiger partial charge in [0.2, 0.25) is 0 Å². The first kappa shape index (κ1) is 12.6. The SMILES string of the molecule is COc1ccc(-c2cc(C)nc(OC)n2)c(Cl)c1. The number of rotatable bonds is 3. The van der Waals surface area contributed by atoms with Crippen LogP contribution in [0.25, 0.3) is 11.3 Å². The fraction of sp³-hybridized carbons (Fsp3) is 0.231. The van der Waals surface area contributed by atoms with Crippen molar-refractivity contribution in [1.29, 1.82) is 0 Å². The monoisotopic (exact) mass is 264 g/mol. The van der Waals surface area contributed by atoms with Gasteiger partial charge in [-0.1, -0.05) is 11.6 Å². The fourth-order valence-electron chi connectivity index (χ4n) is 1.60. The smallest absolute Gasteiger partial charge is 0.316 e. The zero-order valence-electron chi connectivity index (χ0n) is 10.4. The molecule has 0 amide bonds. The van der Waals surface area contributed by atoms with Crippen molar-refractivity contribution in [3.63, 3.8) is 0 Å². The number of methoxy groups -OCH3 is 2. The predicted octanol–water partition coefficient (Wildman–Crippen LogP) is 3.12. The minimum atomic E-state index is 0.330. The Balaban J connectivity index is 2.51. The average molecular weight is 265 g/mol. The first-order valence-corrected chi connectivity index (χ1v) is 5.75. The Labute approximate surface area is 111 Å². The van der Waals surface area contributed by atoms with E-state index in [2.05, 4.69) is 9.97 Å². The highest BCUT2D eigenvalue weighted by atomic mass is 35.5. The Kier molecular flexibility index (Phi) is 3.67. The van der Waals surface area contributed by atoms with E-state index in [4.69, 9.17) is 21.1 Å². The van der Waals surface area contributed by atoms with Gasteiger partial charge in [0.05, 0.1) is 24.9 Å². The molecule has 0 radical (unpaired) electrons. The van der Waals surface area contributed by atoms with Crippen LogP contribution < -0.4 is 9.47 Å². The second-order valence-electron chi connectivity index (χ2n) is 3.73. The van der Waals surface area contributed by atoms with Crippen molar-refractivity contribution in [2.75, 3.05) is 14.2 Å². The van der Waals surface area contributed by atoms with E-state index in [0.717, 1.165) is 17.0 Å². The highest BCUT2D eigenvalue weighted by molar-refractivity contribution is 6.33. The Bertz CT molecular complexity index is 573. The van der Waals surface area contributed by atoms with E-state index in [1.54, 1.807) is 13.2 Å². The van der Waals surface area contributed by atoms with Gasteiger partial charge in [-0.25, -0.2) is 4.98 Å². The molecular formula is C13H13ClN2O2. The number of halogens is 1. The molecule has 0 aliphatic heterocycles. The van der Waals surface area contributed by atoms with Crippen LogP contribution in [0.15, 0.2) is 24.3 Å². The average Bonchev–Trinajstić information content (AvgIpc) is 2.37. The van der Waals surface area contributed by atoms with Gasteiger partial charge >= 0.3 is 6.01 Å². The number of hydrogen-bond donors (Lipinski definition) is 0. The second-order valence-corrected chi connectivity index (χ2v) is 4.13. The van der Waals surface area contributed by atoms with Crippen molar-refractivity contribution in [2.24, 2.45) is 0 Å². The van der Waals surface area contributed by atoms with Crippen molar-refractivity contribution >= 4 is 11.6 Å². The fourth-order valence-corrected chi connectivity index (χ4v) is 1.87. The molecule has 5 heteroatoms. The van der Waals surface area contributed by atoms with Crippen LogP contribution in [0, 0.1) is 6.92 Å². The van der Waals surface area contributed by atoms with E-state index in [-0.39, 0.29) is 0 Å². The van der Waals surface area contributed by atoms with E-state index >= 15 is 0 Å². The van der Waals surface area contributed by atoms with Crippen LogP contribution >= 0.6 is 11.6 Å². The van der Waals surface area contributed by atoms with Crippen LogP contribution in [-0.4, -0.2) is 24.2 Å². The molecule has 1 heterocycles. The van der Waals surface area contributed by atoms with E-state index < -0.39 is 0 Å². The summed E-state index contributed by atoms with van der Waals surface area (Å²) in [5, 5.41) is 0.578. The van der Waals surface area contributed by atoms with Gasteiger partial charge in [-0.05, 0) is 31.2 Å². The summed E-state index contributed by atoms with van der Waals surface area (Å²) in [5.74, 6) is 0.710. The van der Waals surface area contributed by atoms with Crippen molar-refractivity contribution in [3.05, 3.63) is 35.0 Å². The molecule has 0 fully saturated rings. The Morgan fingerprint density at radius 3 is 2.44 bits per heavy atom. The minimum absolute atomic E-state index is 0.330. The molecule has 2 aromatic rings. The molecule has 0 spiro atoms. The molecule has 0 saturated carbocycles. The van der Waals surface area contributed by atoms with Crippen molar-refractivity contribution < 1.29 is 9.47 Å². The van der Waals surface area contributed by atoms with Gasteiger partial charge in [0, 0.05) is 11.3 Å². The lowest BCUT2D eigenvalue weighted by molar-refractivity contribution is 0.379. The Hall–Kier alpha value is -1.81. The molecule has 94 valence electrons. The molecule has 1 aromatic carbocycles. The molecule has 2 rings (SSSR count). The third-order valence-corrected chi connectivity index (χ3v) is 2.78. The Morgan fingerprint density at radius 1 is 1.06 bits per heavy atom. The molecule has 4 nitrogen and oxygen atoms in total. The highest BCUT2D eigenvalue weighted by Gasteiger charge is 2.09. The van der Waals surface area contributed by atoms with Crippen molar-refractivity contribution in [1.82, 2.24) is 9.97 Å². The molecule has 0 saturated heterocycles. The molecule has 0 unspecified atom stereocenters. The van der Waals surface area contributed by atoms with E-state index in [1.807, 2.05) is 25.1 Å². The van der Waals surface area contributed by atoms with Crippen molar-refractivity contribution in [3.8, 4) is 23.0 Å². The predicted molar refractivity (Wildman–Crippen MR) is 70.3 cm³/mol. The quantitative estimate of drug-likeness (QED) is 0.854. The van der Waals surface area contributed by atoms with Gasteiger partial charge in [0.15, 0.2) is 0 Å². The lowest BCUT2D eigenvalue weighted by atomic mass is 10.1. The number of aryl methyl sites for hydroxylation is 1. The number of hydrogen-bond acceptors (Lipinski definition) is 4. The molecule has 0 atom stereocenters. The van der Waals surface area contributed by atoms with Gasteiger partial charge in [-0.15, -0.1) is 0 Å². The molecule has 0 aliphatic carbocycles. The summed E-state index contributed by atoms with van der Waals surface area (Å²) in [7, 11) is 3.14. The molecule has 18 heavy (non-hydrogen) atoms. The van der Waals surface area contributed by atoms with Gasteiger partial charge in [-0.3, -0.25) is 0 Å². The van der Waals surface area contributed by atoms with Crippen LogP contribution in [0.1, 0.15) is 5.69 Å². The highest BCUT2D eigenvalue weighted by Crippen LogP contribution is 2.30. The molecule has 1 aromatic heterocycles.